The van der Waals surface area contributed by atoms with Gasteiger partial charge in [-0.2, -0.15) is 4.89 Å². The lowest BCUT2D eigenvalue weighted by molar-refractivity contribution is -0.253. The molecule has 0 radical (unpaired) electrons. The van der Waals surface area contributed by atoms with Gasteiger partial charge in [-0.1, -0.05) is 35.4 Å². The van der Waals surface area contributed by atoms with Gasteiger partial charge in [0.2, 0.25) is 0 Å². The van der Waals surface area contributed by atoms with Crippen molar-refractivity contribution in [1.29, 1.82) is 0 Å². The van der Waals surface area contributed by atoms with Crippen molar-refractivity contribution >= 4 is 11.9 Å². The largest absolute Gasteiger partial charge is 0.478 e. The van der Waals surface area contributed by atoms with Gasteiger partial charge >= 0.3 is 11.9 Å². The van der Waals surface area contributed by atoms with Crippen molar-refractivity contribution in [3.63, 3.8) is 0 Å². The Morgan fingerprint density at radius 1 is 0.781 bits per heavy atom. The first-order valence-corrected chi connectivity index (χ1v) is 9.68. The fourth-order valence-electron chi connectivity index (χ4n) is 3.00. The fourth-order valence-corrected chi connectivity index (χ4v) is 3.00. The van der Waals surface area contributed by atoms with Crippen LogP contribution in [0.2, 0.25) is 0 Å². The number of carboxylic acid groups (broad SMARTS) is 1. The Morgan fingerprint density at radius 2 is 1.44 bits per heavy atom. The van der Waals surface area contributed by atoms with Crippen LogP contribution in [-0.2, 0) is 23.0 Å². The number of hydrogen-bond donors (Lipinski definition) is 2. The van der Waals surface area contributed by atoms with E-state index in [-0.39, 0.29) is 30.1 Å². The van der Waals surface area contributed by atoms with Crippen molar-refractivity contribution in [1.82, 2.24) is 0 Å². The topological polar surface area (TPSA) is 112 Å². The predicted octanol–water partition coefficient (Wildman–Crippen LogP) is 4.72. The molecule has 0 unspecified atom stereocenters. The van der Waals surface area contributed by atoms with E-state index in [1.54, 1.807) is 25.1 Å². The lowest BCUT2D eigenvalue weighted by atomic mass is 10.0. The third-order valence-corrected chi connectivity index (χ3v) is 4.61. The lowest BCUT2D eigenvalue weighted by Crippen LogP contribution is -2.14. The number of carbonyl (C=O) groups is 2. The van der Waals surface area contributed by atoms with E-state index in [1.807, 2.05) is 25.1 Å². The van der Waals surface area contributed by atoms with Crippen molar-refractivity contribution in [3.8, 4) is 11.5 Å². The van der Waals surface area contributed by atoms with Crippen molar-refractivity contribution in [3.05, 3.63) is 94.0 Å². The first-order valence-electron chi connectivity index (χ1n) is 9.68. The van der Waals surface area contributed by atoms with Gasteiger partial charge in [0.15, 0.2) is 5.75 Å². The van der Waals surface area contributed by atoms with Crippen LogP contribution >= 0.6 is 0 Å². The first kappa shape index (κ1) is 23.0. The average molecular weight is 438 g/mol. The third-order valence-electron chi connectivity index (χ3n) is 4.61. The number of esters is 1. The second kappa shape index (κ2) is 10.5. The second-order valence-corrected chi connectivity index (χ2v) is 7.11. The molecule has 0 spiro atoms. The van der Waals surface area contributed by atoms with Crippen molar-refractivity contribution < 1.29 is 39.4 Å². The summed E-state index contributed by atoms with van der Waals surface area (Å²) in [5.74, 6) is -1.38. The summed E-state index contributed by atoms with van der Waals surface area (Å²) in [7, 11) is 0. The molecule has 32 heavy (non-hydrogen) atoms. The highest BCUT2D eigenvalue weighted by Crippen LogP contribution is 2.21. The van der Waals surface area contributed by atoms with E-state index in [4.69, 9.17) is 19.8 Å². The summed E-state index contributed by atoms with van der Waals surface area (Å²) >= 11 is 0. The molecule has 3 aromatic carbocycles. The molecule has 0 atom stereocenters. The van der Waals surface area contributed by atoms with Gasteiger partial charge in [0, 0.05) is 0 Å². The minimum atomic E-state index is -1.20. The quantitative estimate of drug-likeness (QED) is 0.214. The van der Waals surface area contributed by atoms with Gasteiger partial charge in [0.1, 0.15) is 19.0 Å². The van der Waals surface area contributed by atoms with E-state index >= 15 is 0 Å². The molecule has 0 amide bonds. The molecular formula is C24H22O8. The Morgan fingerprint density at radius 3 is 2.12 bits per heavy atom. The zero-order valence-electron chi connectivity index (χ0n) is 17.5. The molecule has 166 valence electrons. The van der Waals surface area contributed by atoms with Crippen molar-refractivity contribution in [2.45, 2.75) is 27.1 Å². The van der Waals surface area contributed by atoms with Gasteiger partial charge in [-0.05, 0) is 61.4 Å². The highest BCUT2D eigenvalue weighted by molar-refractivity contribution is 6.03. The molecule has 0 saturated heterocycles. The smallest absolute Gasteiger partial charge is 0.344 e. The van der Waals surface area contributed by atoms with E-state index in [0.29, 0.717) is 5.75 Å². The van der Waals surface area contributed by atoms with Gasteiger partial charge in [0.05, 0.1) is 11.1 Å². The maximum absolute atomic E-state index is 12.4. The van der Waals surface area contributed by atoms with Crippen molar-refractivity contribution in [2.24, 2.45) is 0 Å². The van der Waals surface area contributed by atoms with E-state index < -0.39 is 11.9 Å². The van der Waals surface area contributed by atoms with Crippen LogP contribution in [-0.4, -0.2) is 22.3 Å². The zero-order valence-corrected chi connectivity index (χ0v) is 17.5. The predicted molar refractivity (Wildman–Crippen MR) is 114 cm³/mol. The molecule has 0 aromatic heterocycles. The van der Waals surface area contributed by atoms with Crippen LogP contribution in [0.3, 0.4) is 0 Å². The number of aromatic carboxylic acids is 1. The molecule has 0 saturated carbocycles. The molecular weight excluding hydrogens is 416 g/mol. The Labute approximate surface area is 184 Å². The average Bonchev–Trinajstić information content (AvgIpc) is 2.76. The molecule has 8 heteroatoms. The van der Waals surface area contributed by atoms with Gasteiger partial charge < -0.3 is 14.7 Å². The first-order chi connectivity index (χ1) is 15.4. The number of benzene rings is 3. The zero-order chi connectivity index (χ0) is 23.1. The van der Waals surface area contributed by atoms with E-state index in [0.717, 1.165) is 22.3 Å². The normalized spacial score (nSPS) is 10.6. The molecule has 0 aliphatic rings. The Balaban J connectivity index is 1.59. The number of hydrogen-bond acceptors (Lipinski definition) is 7. The number of ether oxygens (including phenoxy) is 1. The fraction of sp³-hybridized carbons (Fsp3) is 0.167. The summed E-state index contributed by atoms with van der Waals surface area (Å²) in [6, 6.07) is 16.2. The Hall–Kier alpha value is -3.72. The number of aryl methyl sites for hydroxylation is 2. The molecule has 0 aliphatic heterocycles. The molecule has 3 rings (SSSR count). The monoisotopic (exact) mass is 438 g/mol. The molecule has 0 aliphatic carbocycles. The van der Waals surface area contributed by atoms with Crippen LogP contribution in [0.5, 0.6) is 11.5 Å². The lowest BCUT2D eigenvalue weighted by Gasteiger charge is -2.11. The molecule has 0 heterocycles. The molecule has 0 bridgehead atoms. The highest BCUT2D eigenvalue weighted by atomic mass is 17.2. The Kier molecular flexibility index (Phi) is 7.56. The van der Waals surface area contributed by atoms with E-state index in [9.17, 15) is 14.7 Å². The molecule has 8 nitrogen and oxygen atoms in total. The highest BCUT2D eigenvalue weighted by Gasteiger charge is 2.18. The van der Waals surface area contributed by atoms with Crippen LogP contribution in [0, 0.1) is 13.8 Å². The van der Waals surface area contributed by atoms with E-state index in [1.165, 1.54) is 24.3 Å². The van der Waals surface area contributed by atoms with Gasteiger partial charge in [0.25, 0.3) is 0 Å². The maximum atomic E-state index is 12.4. The van der Waals surface area contributed by atoms with Crippen LogP contribution in [0.15, 0.2) is 60.7 Å². The number of carboxylic acids is 1. The van der Waals surface area contributed by atoms with Gasteiger partial charge in [-0.25, -0.2) is 14.5 Å². The summed E-state index contributed by atoms with van der Waals surface area (Å²) in [4.78, 5) is 38.5. The van der Waals surface area contributed by atoms with E-state index in [2.05, 4.69) is 4.89 Å². The molecule has 3 aromatic rings. The van der Waals surface area contributed by atoms with Gasteiger partial charge in [-0.15, -0.1) is 0 Å². The Bertz CT molecular complexity index is 1110. The second-order valence-electron chi connectivity index (χ2n) is 7.11. The summed E-state index contributed by atoms with van der Waals surface area (Å²) in [6.07, 6.45) is 0. The van der Waals surface area contributed by atoms with Crippen LogP contribution in [0.25, 0.3) is 0 Å². The van der Waals surface area contributed by atoms with Crippen LogP contribution in [0.1, 0.15) is 43.0 Å². The summed E-state index contributed by atoms with van der Waals surface area (Å²) < 4.78 is 5.28. The minimum Gasteiger partial charge on any atom is -0.478 e. The standard InChI is InChI=1S/C24H22O8/c1-15-3-5-17(18(11-15)13-29-28)14-30-32-20-8-6-19(7-9-20)31-24(27)21-10-4-16(2)12-22(21)23(25)26/h3-12,28H,13-14H2,1-2H3,(H,25,26). The summed E-state index contributed by atoms with van der Waals surface area (Å²) in [6.45, 7) is 3.83. The number of rotatable bonds is 9. The van der Waals surface area contributed by atoms with Crippen LogP contribution < -0.4 is 9.62 Å². The summed E-state index contributed by atoms with van der Waals surface area (Å²) in [5.41, 5.74) is 3.16. The summed E-state index contributed by atoms with van der Waals surface area (Å²) in [5, 5.41) is 18.0. The third kappa shape index (κ3) is 5.92. The van der Waals surface area contributed by atoms with Crippen LogP contribution in [0.4, 0.5) is 0 Å². The SMILES string of the molecule is Cc1ccc(COOc2ccc(OC(=O)c3ccc(C)cc3C(=O)O)cc2)c(COO)c1. The number of carbonyl (C=O) groups excluding carboxylic acids is 1. The molecule has 2 N–H and O–H groups in total. The van der Waals surface area contributed by atoms with Gasteiger partial charge in [-0.3, -0.25) is 5.26 Å². The minimum absolute atomic E-state index is 0.0328. The van der Waals surface area contributed by atoms with Crippen molar-refractivity contribution in [2.75, 3.05) is 0 Å². The molecule has 0 fully saturated rings. The maximum Gasteiger partial charge on any atom is 0.344 e.